The summed E-state index contributed by atoms with van der Waals surface area (Å²) in [5.74, 6) is -0.158. The lowest BCUT2D eigenvalue weighted by molar-refractivity contribution is -0.147. The number of hydrogen-bond donors (Lipinski definition) is 1. The first kappa shape index (κ1) is 20.2. The van der Waals surface area contributed by atoms with Crippen molar-refractivity contribution in [3.63, 3.8) is 0 Å². The van der Waals surface area contributed by atoms with Crippen LogP contribution in [0.25, 0.3) is 11.0 Å². The number of benzene rings is 2. The number of halogens is 3. The maximum atomic E-state index is 13.4. The van der Waals surface area contributed by atoms with Gasteiger partial charge in [0.05, 0.1) is 17.6 Å². The van der Waals surface area contributed by atoms with E-state index in [0.29, 0.717) is 11.3 Å². The second-order valence-corrected chi connectivity index (χ2v) is 7.19. The normalized spacial score (nSPS) is 13.3. The highest BCUT2D eigenvalue weighted by Gasteiger charge is 2.38. The van der Waals surface area contributed by atoms with E-state index in [-0.39, 0.29) is 24.6 Å². The summed E-state index contributed by atoms with van der Waals surface area (Å²) < 4.78 is 46.9. The van der Waals surface area contributed by atoms with Crippen LogP contribution in [0.15, 0.2) is 42.5 Å². The van der Waals surface area contributed by atoms with Crippen LogP contribution in [0.5, 0.6) is 5.75 Å². The zero-order valence-corrected chi connectivity index (χ0v) is 16.0. The lowest BCUT2D eigenvalue weighted by Gasteiger charge is -2.19. The van der Waals surface area contributed by atoms with Gasteiger partial charge in [0.2, 0.25) is 5.82 Å². The third kappa shape index (κ3) is 4.30. The topological polar surface area (TPSA) is 47.3 Å². The largest absolute Gasteiger partial charge is 0.491 e. The number of aliphatic hydroxyl groups excluding tert-OH is 1. The zero-order valence-electron chi connectivity index (χ0n) is 16.0. The number of ether oxygens (including phenoxy) is 1. The molecule has 3 aromatic rings. The molecule has 150 valence electrons. The summed E-state index contributed by atoms with van der Waals surface area (Å²) in [5.41, 5.74) is 2.56. The molecule has 28 heavy (non-hydrogen) atoms. The third-order valence-corrected chi connectivity index (χ3v) is 4.52. The quantitative estimate of drug-likeness (QED) is 0.647. The first-order chi connectivity index (χ1) is 13.2. The Bertz CT molecular complexity index is 964. The van der Waals surface area contributed by atoms with Crippen molar-refractivity contribution in [1.82, 2.24) is 9.55 Å². The Hall–Kier alpha value is -2.54. The smallest absolute Gasteiger partial charge is 0.449 e. The molecule has 0 unspecified atom stereocenters. The number of fused-ring (bicyclic) bond motifs is 1. The van der Waals surface area contributed by atoms with Gasteiger partial charge in [0, 0.05) is 0 Å². The van der Waals surface area contributed by atoms with Gasteiger partial charge in [-0.3, -0.25) is 0 Å². The van der Waals surface area contributed by atoms with E-state index in [4.69, 9.17) is 4.74 Å². The lowest BCUT2D eigenvalue weighted by Crippen LogP contribution is -2.26. The molecule has 3 rings (SSSR count). The fourth-order valence-electron chi connectivity index (χ4n) is 3.17. The highest BCUT2D eigenvalue weighted by molar-refractivity contribution is 5.76. The number of nitrogens with zero attached hydrogens (tertiary/aromatic N) is 2. The van der Waals surface area contributed by atoms with Gasteiger partial charge in [0.1, 0.15) is 18.5 Å². The van der Waals surface area contributed by atoms with E-state index >= 15 is 0 Å². The van der Waals surface area contributed by atoms with Gasteiger partial charge < -0.3 is 14.4 Å². The van der Waals surface area contributed by atoms with Crippen LogP contribution in [0.2, 0.25) is 0 Å². The van der Waals surface area contributed by atoms with E-state index < -0.39 is 18.1 Å². The number of alkyl halides is 3. The number of para-hydroxylation sites is 2. The summed E-state index contributed by atoms with van der Waals surface area (Å²) in [6.45, 7) is 5.61. The number of aryl methyl sites for hydroxylation is 1. The summed E-state index contributed by atoms with van der Waals surface area (Å²) in [5, 5.41) is 10.4. The van der Waals surface area contributed by atoms with Gasteiger partial charge in [-0.2, -0.15) is 13.2 Å². The van der Waals surface area contributed by atoms with Crippen molar-refractivity contribution >= 4 is 11.0 Å². The molecule has 0 aliphatic heterocycles. The van der Waals surface area contributed by atoms with Crippen molar-refractivity contribution in [3.05, 3.63) is 59.4 Å². The Labute approximate surface area is 161 Å². The van der Waals surface area contributed by atoms with Crippen LogP contribution in [-0.2, 0) is 12.7 Å². The SMILES string of the molecule is Cc1ccc(C(C)C)c(OC[C@@H](O)Cn2c(C(F)(F)F)nc3ccccc32)c1. The second-order valence-electron chi connectivity index (χ2n) is 7.19. The first-order valence-electron chi connectivity index (χ1n) is 9.10. The molecule has 0 aliphatic carbocycles. The molecular formula is C21H23F3N2O2. The number of hydrogen-bond acceptors (Lipinski definition) is 3. The Morgan fingerprint density at radius 3 is 2.54 bits per heavy atom. The molecule has 2 aromatic carbocycles. The standard InChI is InChI=1S/C21H23F3N2O2/c1-13(2)16-9-8-14(3)10-19(16)28-12-15(27)11-26-18-7-5-4-6-17(18)25-20(26)21(22,23)24/h4-10,13,15,27H,11-12H2,1-3H3/t15-/m0/s1. The van der Waals surface area contributed by atoms with E-state index in [2.05, 4.69) is 4.98 Å². The average Bonchev–Trinajstić information content (AvgIpc) is 2.99. The van der Waals surface area contributed by atoms with Crippen molar-refractivity contribution in [1.29, 1.82) is 0 Å². The molecule has 1 N–H and O–H groups in total. The van der Waals surface area contributed by atoms with E-state index in [9.17, 15) is 18.3 Å². The van der Waals surface area contributed by atoms with Crippen molar-refractivity contribution < 1.29 is 23.0 Å². The molecule has 0 saturated carbocycles. The fourth-order valence-corrected chi connectivity index (χ4v) is 3.17. The molecule has 0 saturated heterocycles. The molecular weight excluding hydrogens is 369 g/mol. The molecule has 7 heteroatoms. The minimum absolute atomic E-state index is 0.118. The van der Waals surface area contributed by atoms with E-state index in [1.807, 2.05) is 39.0 Å². The number of imidazole rings is 1. The third-order valence-electron chi connectivity index (χ3n) is 4.52. The Morgan fingerprint density at radius 1 is 1.14 bits per heavy atom. The predicted molar refractivity (Wildman–Crippen MR) is 102 cm³/mol. The average molecular weight is 392 g/mol. The maximum absolute atomic E-state index is 13.4. The summed E-state index contributed by atoms with van der Waals surface area (Å²) in [6.07, 6.45) is -5.74. The molecule has 0 aliphatic rings. The van der Waals surface area contributed by atoms with Crippen LogP contribution in [0, 0.1) is 6.92 Å². The lowest BCUT2D eigenvalue weighted by atomic mass is 10.0. The highest BCUT2D eigenvalue weighted by atomic mass is 19.4. The van der Waals surface area contributed by atoms with Crippen LogP contribution in [-0.4, -0.2) is 27.4 Å². The second kappa shape index (κ2) is 7.83. The van der Waals surface area contributed by atoms with Crippen LogP contribution in [0.4, 0.5) is 13.2 Å². The molecule has 1 heterocycles. The molecule has 1 atom stereocenters. The molecule has 0 spiro atoms. The van der Waals surface area contributed by atoms with E-state index in [0.717, 1.165) is 15.7 Å². The van der Waals surface area contributed by atoms with Gasteiger partial charge in [-0.05, 0) is 42.2 Å². The molecule has 0 fully saturated rings. The van der Waals surface area contributed by atoms with E-state index in [1.165, 1.54) is 6.07 Å². The van der Waals surface area contributed by atoms with Crippen LogP contribution in [0.3, 0.4) is 0 Å². The monoisotopic (exact) mass is 392 g/mol. The van der Waals surface area contributed by atoms with Crippen molar-refractivity contribution in [2.75, 3.05) is 6.61 Å². The summed E-state index contributed by atoms with van der Waals surface area (Å²) >= 11 is 0. The minimum Gasteiger partial charge on any atom is -0.491 e. The first-order valence-corrected chi connectivity index (χ1v) is 9.10. The summed E-state index contributed by atoms with van der Waals surface area (Å²) in [7, 11) is 0. The van der Waals surface area contributed by atoms with Gasteiger partial charge in [0.15, 0.2) is 0 Å². The van der Waals surface area contributed by atoms with Crippen molar-refractivity contribution in [2.45, 2.75) is 45.5 Å². The fraction of sp³-hybridized carbons (Fsp3) is 0.381. The van der Waals surface area contributed by atoms with Gasteiger partial charge in [0.25, 0.3) is 0 Å². The van der Waals surface area contributed by atoms with Gasteiger partial charge in [-0.15, -0.1) is 0 Å². The maximum Gasteiger partial charge on any atom is 0.449 e. The van der Waals surface area contributed by atoms with Gasteiger partial charge >= 0.3 is 6.18 Å². The van der Waals surface area contributed by atoms with Crippen LogP contribution >= 0.6 is 0 Å². The Kier molecular flexibility index (Phi) is 5.65. The van der Waals surface area contributed by atoms with E-state index in [1.54, 1.807) is 18.2 Å². The number of aliphatic hydroxyl groups is 1. The number of rotatable bonds is 6. The molecule has 0 bridgehead atoms. The predicted octanol–water partition coefficient (Wildman–Crippen LogP) is 4.93. The zero-order chi connectivity index (χ0) is 20.5. The molecule has 1 aromatic heterocycles. The Balaban J connectivity index is 1.81. The van der Waals surface area contributed by atoms with Crippen LogP contribution in [0.1, 0.15) is 36.7 Å². The highest BCUT2D eigenvalue weighted by Crippen LogP contribution is 2.32. The summed E-state index contributed by atoms with van der Waals surface area (Å²) in [6, 6.07) is 12.2. The van der Waals surface area contributed by atoms with Crippen molar-refractivity contribution in [2.24, 2.45) is 0 Å². The summed E-state index contributed by atoms with van der Waals surface area (Å²) in [4.78, 5) is 3.69. The number of aromatic nitrogens is 2. The minimum atomic E-state index is -4.61. The molecule has 0 radical (unpaired) electrons. The Morgan fingerprint density at radius 2 is 1.86 bits per heavy atom. The van der Waals surface area contributed by atoms with Gasteiger partial charge in [-0.25, -0.2) is 4.98 Å². The molecule has 0 amide bonds. The van der Waals surface area contributed by atoms with Crippen LogP contribution < -0.4 is 4.74 Å². The van der Waals surface area contributed by atoms with Crippen molar-refractivity contribution in [3.8, 4) is 5.75 Å². The van der Waals surface area contributed by atoms with Gasteiger partial charge in [-0.1, -0.05) is 38.1 Å². The molecule has 4 nitrogen and oxygen atoms in total.